The summed E-state index contributed by atoms with van der Waals surface area (Å²) in [4.78, 5) is 11.5. The van der Waals surface area contributed by atoms with E-state index in [9.17, 15) is 0 Å². The molecule has 1 aliphatic rings. The Hall–Kier alpha value is -1.79. The molecule has 1 atom stereocenters. The van der Waals surface area contributed by atoms with Crippen LogP contribution in [0.2, 0.25) is 0 Å². The summed E-state index contributed by atoms with van der Waals surface area (Å²) in [5.74, 6) is 1.39. The molecule has 6 heteroatoms. The number of benzene rings is 1. The second-order valence-electron chi connectivity index (χ2n) is 5.38. The van der Waals surface area contributed by atoms with Crippen molar-refractivity contribution < 1.29 is 4.52 Å². The monoisotopic (exact) mass is 300 g/mol. The Bertz CT molecular complexity index is 733. The molecular formula is C15H16N4OS. The number of aromatic nitrogens is 3. The number of rotatable bonds is 3. The van der Waals surface area contributed by atoms with Crippen molar-refractivity contribution in [1.29, 1.82) is 0 Å². The van der Waals surface area contributed by atoms with E-state index in [0.29, 0.717) is 24.3 Å². The van der Waals surface area contributed by atoms with Gasteiger partial charge in [-0.25, -0.2) is 4.98 Å². The van der Waals surface area contributed by atoms with Crippen molar-refractivity contribution >= 4 is 21.6 Å². The number of likely N-dealkylation sites (tertiary alicyclic amines) is 1. The first-order valence-electron chi connectivity index (χ1n) is 7.18. The van der Waals surface area contributed by atoms with Crippen LogP contribution < -0.4 is 0 Å². The van der Waals surface area contributed by atoms with Gasteiger partial charge in [-0.15, -0.1) is 11.3 Å². The van der Waals surface area contributed by atoms with Gasteiger partial charge < -0.3 is 4.52 Å². The molecule has 0 spiro atoms. The van der Waals surface area contributed by atoms with Gasteiger partial charge in [-0.3, -0.25) is 4.90 Å². The average Bonchev–Trinajstić information content (AvgIpc) is 3.18. The SMILES string of the molecule is Cc1noc(CN2CCCC2c2nc3ccccc3s2)n1. The van der Waals surface area contributed by atoms with E-state index in [0.717, 1.165) is 18.5 Å². The highest BCUT2D eigenvalue weighted by atomic mass is 32.1. The number of nitrogens with zero attached hydrogens (tertiary/aromatic N) is 4. The molecule has 3 aromatic rings. The molecule has 0 N–H and O–H groups in total. The molecule has 21 heavy (non-hydrogen) atoms. The van der Waals surface area contributed by atoms with Crippen LogP contribution in [0.3, 0.4) is 0 Å². The molecule has 1 unspecified atom stereocenters. The normalized spacial score (nSPS) is 19.6. The van der Waals surface area contributed by atoms with Gasteiger partial charge in [0.2, 0.25) is 5.89 Å². The zero-order chi connectivity index (χ0) is 14.2. The van der Waals surface area contributed by atoms with E-state index in [-0.39, 0.29) is 0 Å². The predicted octanol–water partition coefficient (Wildman–Crippen LogP) is 3.32. The molecule has 2 aromatic heterocycles. The Morgan fingerprint density at radius 2 is 2.24 bits per heavy atom. The zero-order valence-corrected chi connectivity index (χ0v) is 12.6. The Balaban J connectivity index is 1.60. The number of fused-ring (bicyclic) bond motifs is 1. The van der Waals surface area contributed by atoms with E-state index >= 15 is 0 Å². The lowest BCUT2D eigenvalue weighted by Gasteiger charge is -2.20. The molecule has 4 rings (SSSR count). The van der Waals surface area contributed by atoms with Crippen molar-refractivity contribution in [2.24, 2.45) is 0 Å². The van der Waals surface area contributed by atoms with E-state index in [2.05, 4.69) is 33.2 Å². The van der Waals surface area contributed by atoms with Crippen LogP contribution >= 0.6 is 11.3 Å². The van der Waals surface area contributed by atoms with Gasteiger partial charge >= 0.3 is 0 Å². The number of thiazole rings is 1. The summed E-state index contributed by atoms with van der Waals surface area (Å²) in [5.41, 5.74) is 1.10. The van der Waals surface area contributed by atoms with Crippen LogP contribution in [0.4, 0.5) is 0 Å². The maximum Gasteiger partial charge on any atom is 0.240 e. The third-order valence-electron chi connectivity index (χ3n) is 3.87. The van der Waals surface area contributed by atoms with Crippen LogP contribution in [-0.2, 0) is 6.54 Å². The largest absolute Gasteiger partial charge is 0.338 e. The number of hydrogen-bond donors (Lipinski definition) is 0. The Morgan fingerprint density at radius 1 is 1.33 bits per heavy atom. The summed E-state index contributed by atoms with van der Waals surface area (Å²) >= 11 is 1.79. The average molecular weight is 300 g/mol. The van der Waals surface area contributed by atoms with Crippen molar-refractivity contribution in [3.05, 3.63) is 41.0 Å². The number of aryl methyl sites for hydroxylation is 1. The highest BCUT2D eigenvalue weighted by molar-refractivity contribution is 7.18. The molecule has 108 valence electrons. The molecule has 0 saturated carbocycles. The lowest BCUT2D eigenvalue weighted by atomic mass is 10.2. The minimum Gasteiger partial charge on any atom is -0.338 e. The zero-order valence-electron chi connectivity index (χ0n) is 11.8. The molecule has 5 nitrogen and oxygen atoms in total. The molecule has 0 aliphatic carbocycles. The van der Waals surface area contributed by atoms with Crippen molar-refractivity contribution in [1.82, 2.24) is 20.0 Å². The first-order chi connectivity index (χ1) is 10.3. The Morgan fingerprint density at radius 3 is 3.05 bits per heavy atom. The number of para-hydroxylation sites is 1. The minimum atomic E-state index is 0.370. The van der Waals surface area contributed by atoms with Gasteiger partial charge in [0.1, 0.15) is 5.01 Å². The summed E-state index contributed by atoms with van der Waals surface area (Å²) in [6.45, 7) is 3.62. The molecule has 0 amide bonds. The summed E-state index contributed by atoms with van der Waals surface area (Å²) in [6, 6.07) is 8.69. The van der Waals surface area contributed by atoms with Gasteiger partial charge in [-0.2, -0.15) is 4.98 Å². The quantitative estimate of drug-likeness (QED) is 0.742. The minimum absolute atomic E-state index is 0.370. The molecule has 1 aliphatic heterocycles. The fourth-order valence-electron chi connectivity index (χ4n) is 2.91. The molecule has 0 bridgehead atoms. The van der Waals surface area contributed by atoms with Gasteiger partial charge in [-0.05, 0) is 38.4 Å². The highest BCUT2D eigenvalue weighted by Gasteiger charge is 2.29. The van der Waals surface area contributed by atoms with Crippen molar-refractivity contribution in [2.45, 2.75) is 32.4 Å². The summed E-state index contributed by atoms with van der Waals surface area (Å²) in [5, 5.41) is 5.06. The topological polar surface area (TPSA) is 55.1 Å². The van der Waals surface area contributed by atoms with Crippen molar-refractivity contribution in [3.63, 3.8) is 0 Å². The molecule has 1 saturated heterocycles. The third-order valence-corrected chi connectivity index (χ3v) is 5.00. The standard InChI is InChI=1S/C15H16N4OS/c1-10-16-14(20-18-10)9-19-8-4-6-12(19)15-17-11-5-2-3-7-13(11)21-15/h2-3,5,7,12H,4,6,8-9H2,1H3. The summed E-state index contributed by atoms with van der Waals surface area (Å²) < 4.78 is 6.51. The van der Waals surface area contributed by atoms with Crippen LogP contribution in [-0.4, -0.2) is 26.6 Å². The van der Waals surface area contributed by atoms with Crippen LogP contribution in [0.15, 0.2) is 28.8 Å². The van der Waals surface area contributed by atoms with E-state index in [1.807, 2.05) is 13.0 Å². The van der Waals surface area contributed by atoms with E-state index in [1.54, 1.807) is 11.3 Å². The van der Waals surface area contributed by atoms with Crippen molar-refractivity contribution in [2.75, 3.05) is 6.54 Å². The predicted molar refractivity (Wildman–Crippen MR) is 81.0 cm³/mol. The second-order valence-corrected chi connectivity index (χ2v) is 6.45. The molecule has 0 radical (unpaired) electrons. The molecule has 3 heterocycles. The number of hydrogen-bond acceptors (Lipinski definition) is 6. The summed E-state index contributed by atoms with van der Waals surface area (Å²) in [6.07, 6.45) is 2.33. The first kappa shape index (κ1) is 12.9. The first-order valence-corrected chi connectivity index (χ1v) is 8.00. The van der Waals surface area contributed by atoms with Crippen LogP contribution in [0.1, 0.15) is 35.6 Å². The second kappa shape index (κ2) is 5.20. The smallest absolute Gasteiger partial charge is 0.240 e. The summed E-state index contributed by atoms with van der Waals surface area (Å²) in [7, 11) is 0. The Kier molecular flexibility index (Phi) is 3.20. The van der Waals surface area contributed by atoms with Crippen LogP contribution in [0, 0.1) is 6.92 Å². The van der Waals surface area contributed by atoms with Crippen LogP contribution in [0.25, 0.3) is 10.2 Å². The van der Waals surface area contributed by atoms with Gasteiger partial charge in [-0.1, -0.05) is 17.3 Å². The maximum absolute atomic E-state index is 5.25. The van der Waals surface area contributed by atoms with Crippen molar-refractivity contribution in [3.8, 4) is 0 Å². The third kappa shape index (κ3) is 2.45. The van der Waals surface area contributed by atoms with Gasteiger partial charge in [0.05, 0.1) is 22.8 Å². The molecule has 1 fully saturated rings. The maximum atomic E-state index is 5.25. The van der Waals surface area contributed by atoms with E-state index in [4.69, 9.17) is 9.51 Å². The van der Waals surface area contributed by atoms with Gasteiger partial charge in [0.15, 0.2) is 5.82 Å². The van der Waals surface area contributed by atoms with Gasteiger partial charge in [0.25, 0.3) is 0 Å². The van der Waals surface area contributed by atoms with E-state index < -0.39 is 0 Å². The van der Waals surface area contributed by atoms with E-state index in [1.165, 1.54) is 16.1 Å². The fraction of sp³-hybridized carbons (Fsp3) is 0.400. The highest BCUT2D eigenvalue weighted by Crippen LogP contribution is 2.36. The lowest BCUT2D eigenvalue weighted by Crippen LogP contribution is -2.22. The van der Waals surface area contributed by atoms with Crippen LogP contribution in [0.5, 0.6) is 0 Å². The lowest BCUT2D eigenvalue weighted by molar-refractivity contribution is 0.212. The van der Waals surface area contributed by atoms with Gasteiger partial charge in [0, 0.05) is 0 Å². The molecule has 1 aromatic carbocycles. The molecular weight excluding hydrogens is 284 g/mol. The Labute approximate surface area is 126 Å². The fourth-order valence-corrected chi connectivity index (χ4v) is 4.04.